The molecule has 3 aromatic carbocycles. The molecule has 0 saturated heterocycles. The van der Waals surface area contributed by atoms with E-state index in [0.29, 0.717) is 10.9 Å². The minimum Gasteiger partial charge on any atom is -0.428 e. The van der Waals surface area contributed by atoms with Crippen molar-refractivity contribution in [3.8, 4) is 16.9 Å². The third-order valence-electron chi connectivity index (χ3n) is 4.77. The summed E-state index contributed by atoms with van der Waals surface area (Å²) >= 11 is 0. The Kier molecular flexibility index (Phi) is 3.34. The maximum absolute atomic E-state index is 14.8. The van der Waals surface area contributed by atoms with Gasteiger partial charge in [0.15, 0.2) is 0 Å². The lowest BCUT2D eigenvalue weighted by atomic mass is 9.89. The van der Waals surface area contributed by atoms with Crippen LogP contribution in [-0.2, 0) is 19.0 Å². The van der Waals surface area contributed by atoms with E-state index in [1.54, 1.807) is 18.2 Å². The summed E-state index contributed by atoms with van der Waals surface area (Å²) in [7, 11) is 0. The van der Waals surface area contributed by atoms with E-state index in [4.69, 9.17) is 4.74 Å². The van der Waals surface area contributed by atoms with Gasteiger partial charge in [0.05, 0.1) is 5.56 Å². The number of aryl methyl sites for hydroxylation is 2. The van der Waals surface area contributed by atoms with Crippen LogP contribution in [0.3, 0.4) is 0 Å². The predicted octanol–water partition coefficient (Wildman–Crippen LogP) is 6.07. The monoisotopic (exact) mass is 324 g/mol. The second-order valence-corrected chi connectivity index (χ2v) is 6.20. The molecule has 122 valence electrons. The summed E-state index contributed by atoms with van der Waals surface area (Å²) in [5.41, 5.74) is 3.38. The summed E-state index contributed by atoms with van der Waals surface area (Å²) < 4.78 is 34.7. The van der Waals surface area contributed by atoms with Crippen molar-refractivity contribution in [2.24, 2.45) is 0 Å². The number of benzene rings is 3. The van der Waals surface area contributed by atoms with Gasteiger partial charge in [-0.05, 0) is 46.4 Å². The molecule has 0 radical (unpaired) electrons. The lowest BCUT2D eigenvalue weighted by Gasteiger charge is -2.29. The lowest BCUT2D eigenvalue weighted by Crippen LogP contribution is -2.26. The van der Waals surface area contributed by atoms with Gasteiger partial charge in [0.2, 0.25) is 0 Å². The van der Waals surface area contributed by atoms with Gasteiger partial charge in [0, 0.05) is 5.56 Å². The molecular weight excluding hydrogens is 306 g/mol. The van der Waals surface area contributed by atoms with Crippen LogP contribution in [0.15, 0.2) is 48.5 Å². The predicted molar refractivity (Wildman–Crippen MR) is 92.7 cm³/mol. The third-order valence-corrected chi connectivity index (χ3v) is 4.77. The van der Waals surface area contributed by atoms with Crippen molar-refractivity contribution in [3.63, 3.8) is 0 Å². The van der Waals surface area contributed by atoms with E-state index in [9.17, 15) is 8.78 Å². The van der Waals surface area contributed by atoms with Crippen LogP contribution in [0.1, 0.15) is 30.5 Å². The number of hydrogen-bond acceptors (Lipinski definition) is 1. The zero-order valence-corrected chi connectivity index (χ0v) is 13.7. The molecule has 0 bridgehead atoms. The highest BCUT2D eigenvalue weighted by Crippen LogP contribution is 2.49. The van der Waals surface area contributed by atoms with E-state index < -0.39 is 6.11 Å². The first-order valence-corrected chi connectivity index (χ1v) is 8.29. The normalized spacial score (nSPS) is 14.8. The Bertz CT molecular complexity index is 944. The zero-order chi connectivity index (χ0) is 16.9. The second kappa shape index (κ2) is 5.30. The molecule has 0 fully saturated rings. The summed E-state index contributed by atoms with van der Waals surface area (Å²) in [6, 6.07) is 15.0. The summed E-state index contributed by atoms with van der Waals surface area (Å²) in [6.07, 6.45) is -1.67. The molecule has 0 saturated carbocycles. The molecule has 0 atom stereocenters. The van der Waals surface area contributed by atoms with Gasteiger partial charge < -0.3 is 4.74 Å². The number of rotatable bonds is 2. The van der Waals surface area contributed by atoms with E-state index in [0.717, 1.165) is 34.9 Å². The molecule has 0 aliphatic carbocycles. The van der Waals surface area contributed by atoms with Crippen molar-refractivity contribution in [1.29, 1.82) is 0 Å². The average Bonchev–Trinajstić information content (AvgIpc) is 2.59. The maximum Gasteiger partial charge on any atom is 0.427 e. The van der Waals surface area contributed by atoms with Gasteiger partial charge in [0.25, 0.3) is 0 Å². The van der Waals surface area contributed by atoms with Gasteiger partial charge in [-0.1, -0.05) is 56.3 Å². The molecule has 1 heterocycles. The van der Waals surface area contributed by atoms with Crippen LogP contribution in [0.25, 0.3) is 21.9 Å². The summed E-state index contributed by atoms with van der Waals surface area (Å²) in [6.45, 7) is 4.05. The molecule has 0 amide bonds. The molecule has 24 heavy (non-hydrogen) atoms. The molecule has 1 aliphatic rings. The quantitative estimate of drug-likeness (QED) is 0.555. The fourth-order valence-corrected chi connectivity index (χ4v) is 3.42. The van der Waals surface area contributed by atoms with Crippen molar-refractivity contribution >= 4 is 10.8 Å². The molecule has 1 aliphatic heterocycles. The Morgan fingerprint density at radius 1 is 0.833 bits per heavy atom. The molecule has 4 rings (SSSR count). The van der Waals surface area contributed by atoms with Gasteiger partial charge in [-0.25, -0.2) is 0 Å². The Balaban J connectivity index is 2.02. The molecule has 1 nitrogen and oxygen atoms in total. The minimum atomic E-state index is -3.33. The van der Waals surface area contributed by atoms with Crippen LogP contribution < -0.4 is 4.74 Å². The maximum atomic E-state index is 14.8. The zero-order valence-electron chi connectivity index (χ0n) is 13.7. The first-order chi connectivity index (χ1) is 11.5. The van der Waals surface area contributed by atoms with Crippen LogP contribution in [0.4, 0.5) is 8.78 Å². The van der Waals surface area contributed by atoms with E-state index in [-0.39, 0.29) is 11.3 Å². The number of halogens is 2. The SMILES string of the molecule is CCc1ccc2c(c1)OC(F)(F)c1c-2ccc2cc(CC)ccc12. The molecule has 0 spiro atoms. The Labute approximate surface area is 139 Å². The highest BCUT2D eigenvalue weighted by atomic mass is 19.3. The lowest BCUT2D eigenvalue weighted by molar-refractivity contribution is -0.185. The van der Waals surface area contributed by atoms with Crippen LogP contribution in [0.2, 0.25) is 0 Å². The van der Waals surface area contributed by atoms with Crippen molar-refractivity contribution in [2.45, 2.75) is 32.8 Å². The van der Waals surface area contributed by atoms with Gasteiger partial charge in [-0.3, -0.25) is 0 Å². The van der Waals surface area contributed by atoms with Crippen LogP contribution in [0, 0.1) is 0 Å². The molecule has 0 aromatic heterocycles. The van der Waals surface area contributed by atoms with E-state index in [1.807, 2.05) is 37.3 Å². The summed E-state index contributed by atoms with van der Waals surface area (Å²) in [5.74, 6) is 0.261. The van der Waals surface area contributed by atoms with E-state index in [2.05, 4.69) is 6.92 Å². The Morgan fingerprint density at radius 3 is 2.25 bits per heavy atom. The van der Waals surface area contributed by atoms with Gasteiger partial charge in [-0.15, -0.1) is 0 Å². The highest BCUT2D eigenvalue weighted by Gasteiger charge is 2.43. The molecule has 0 N–H and O–H groups in total. The second-order valence-electron chi connectivity index (χ2n) is 6.20. The molecule has 3 heteroatoms. The van der Waals surface area contributed by atoms with Crippen molar-refractivity contribution in [3.05, 3.63) is 65.2 Å². The number of alkyl halides is 2. The van der Waals surface area contributed by atoms with Gasteiger partial charge in [0.1, 0.15) is 5.75 Å². The smallest absolute Gasteiger partial charge is 0.427 e. The standard InChI is InChI=1S/C21H18F2O/c1-3-13-5-8-16-15(11-13)7-10-18-17-9-6-14(4-2)12-19(17)24-21(22,23)20(16)18/h5-12H,3-4H2,1-2H3. The van der Waals surface area contributed by atoms with Crippen LogP contribution in [0.5, 0.6) is 5.75 Å². The van der Waals surface area contributed by atoms with Crippen LogP contribution >= 0.6 is 0 Å². The van der Waals surface area contributed by atoms with Crippen molar-refractivity contribution < 1.29 is 13.5 Å². The van der Waals surface area contributed by atoms with Gasteiger partial charge >= 0.3 is 6.11 Å². The number of ether oxygens (including phenoxy) is 1. The van der Waals surface area contributed by atoms with Crippen molar-refractivity contribution in [2.75, 3.05) is 0 Å². The van der Waals surface area contributed by atoms with E-state index >= 15 is 0 Å². The first-order valence-electron chi connectivity index (χ1n) is 8.29. The van der Waals surface area contributed by atoms with Crippen molar-refractivity contribution in [1.82, 2.24) is 0 Å². The third kappa shape index (κ3) is 2.19. The fraction of sp³-hybridized carbons (Fsp3) is 0.238. The number of hydrogen-bond donors (Lipinski definition) is 0. The topological polar surface area (TPSA) is 9.23 Å². The van der Waals surface area contributed by atoms with Crippen LogP contribution in [-0.4, -0.2) is 0 Å². The molecule has 0 unspecified atom stereocenters. The molecular formula is C21H18F2O. The fourth-order valence-electron chi connectivity index (χ4n) is 3.42. The highest BCUT2D eigenvalue weighted by molar-refractivity contribution is 5.94. The van der Waals surface area contributed by atoms with E-state index in [1.165, 1.54) is 0 Å². The first kappa shape index (κ1) is 15.1. The Morgan fingerprint density at radius 2 is 1.50 bits per heavy atom. The summed E-state index contributed by atoms with van der Waals surface area (Å²) in [4.78, 5) is 0. The number of fused-ring (bicyclic) bond motifs is 5. The largest absolute Gasteiger partial charge is 0.428 e. The Hall–Kier alpha value is -2.42. The molecule has 3 aromatic rings. The average molecular weight is 324 g/mol. The summed E-state index contributed by atoms with van der Waals surface area (Å²) in [5, 5.41) is 1.38. The van der Waals surface area contributed by atoms with Gasteiger partial charge in [-0.2, -0.15) is 8.78 Å². The minimum absolute atomic E-state index is 0.0283.